The van der Waals surface area contributed by atoms with Gasteiger partial charge in [-0.05, 0) is 26.0 Å². The number of ether oxygens (including phenoxy) is 2. The quantitative estimate of drug-likeness (QED) is 0.211. The molecule has 0 radical (unpaired) electrons. The van der Waals surface area contributed by atoms with Gasteiger partial charge in [-0.2, -0.15) is 15.0 Å². The highest BCUT2D eigenvalue weighted by Crippen LogP contribution is 2.23. The average Bonchev–Trinajstić information content (AvgIpc) is 2.71. The van der Waals surface area contributed by atoms with Crippen LogP contribution in [0.1, 0.15) is 12.7 Å². The van der Waals surface area contributed by atoms with E-state index in [4.69, 9.17) is 14.3 Å². The van der Waals surface area contributed by atoms with Crippen molar-refractivity contribution in [1.29, 1.82) is 0 Å². The predicted molar refractivity (Wildman–Crippen MR) is 111 cm³/mol. The number of amides is 2. The van der Waals surface area contributed by atoms with E-state index in [1.807, 2.05) is 4.72 Å². The smallest absolute Gasteiger partial charge is 0.335 e. The molecule has 2 rings (SSSR count). The largest absolute Gasteiger partial charge is 0.467 e. The number of para-hydroxylation sites is 1. The Labute approximate surface area is 179 Å². The maximum absolute atomic E-state index is 12.7. The fraction of sp³-hybridized carbons (Fsp3) is 0.222. The van der Waals surface area contributed by atoms with Crippen molar-refractivity contribution in [1.82, 2.24) is 25.2 Å². The van der Waals surface area contributed by atoms with Gasteiger partial charge >= 0.3 is 12.0 Å². The zero-order valence-electron chi connectivity index (χ0n) is 17.1. The van der Waals surface area contributed by atoms with Crippen molar-refractivity contribution in [2.75, 3.05) is 19.0 Å². The molecule has 166 valence electrons. The molecule has 0 saturated carbocycles. The van der Waals surface area contributed by atoms with Crippen LogP contribution in [0.2, 0.25) is 0 Å². The van der Waals surface area contributed by atoms with Crippen LogP contribution in [0.4, 0.5) is 10.7 Å². The van der Waals surface area contributed by atoms with Crippen LogP contribution in [0.15, 0.2) is 53.8 Å². The van der Waals surface area contributed by atoms with Crippen LogP contribution in [-0.4, -0.2) is 43.1 Å². The number of carbonyl (C=O) groups excluding carboxylic acids is 1. The van der Waals surface area contributed by atoms with E-state index in [1.165, 1.54) is 31.6 Å². The number of nitrogens with one attached hydrogen (secondary N) is 3. The molecule has 0 spiro atoms. The first kappa shape index (κ1) is 23.6. The zero-order chi connectivity index (χ0) is 22.9. The fourth-order valence-corrected chi connectivity index (χ4v) is 3.11. The summed E-state index contributed by atoms with van der Waals surface area (Å²) >= 11 is 0. The standard InChI is InChI=1S/C18H22N6O6S/c1-5-10-30-23-12(2)11-29-14-8-6-7-9-15(14)31(26,27)24-17(25)21-16-19-13(3)20-18(22-16)28-4/h5-9,11,23H,1,10H2,2-4H3,(H2,19,20,21,22,24,25). The van der Waals surface area contributed by atoms with Crippen LogP contribution in [-0.2, 0) is 14.9 Å². The van der Waals surface area contributed by atoms with Gasteiger partial charge < -0.3 is 9.47 Å². The van der Waals surface area contributed by atoms with E-state index in [0.717, 1.165) is 0 Å². The van der Waals surface area contributed by atoms with Crippen molar-refractivity contribution < 1.29 is 27.5 Å². The number of nitrogens with zero attached hydrogens (tertiary/aromatic N) is 3. The van der Waals surface area contributed by atoms with E-state index in [-0.39, 0.29) is 35.0 Å². The topological polar surface area (TPSA) is 154 Å². The van der Waals surface area contributed by atoms with Crippen molar-refractivity contribution >= 4 is 22.0 Å². The highest BCUT2D eigenvalue weighted by Gasteiger charge is 2.22. The van der Waals surface area contributed by atoms with Gasteiger partial charge in [0.15, 0.2) is 0 Å². The minimum atomic E-state index is -4.29. The lowest BCUT2D eigenvalue weighted by molar-refractivity contribution is 0.0846. The summed E-state index contributed by atoms with van der Waals surface area (Å²) in [5, 5.41) is 2.22. The number of carbonyl (C=O) groups is 1. The van der Waals surface area contributed by atoms with E-state index in [1.54, 1.807) is 26.0 Å². The predicted octanol–water partition coefficient (Wildman–Crippen LogP) is 1.65. The molecule has 2 amide bonds. The van der Waals surface area contributed by atoms with Crippen LogP contribution >= 0.6 is 0 Å². The first-order valence-corrected chi connectivity index (χ1v) is 10.2. The van der Waals surface area contributed by atoms with Gasteiger partial charge in [0.05, 0.1) is 19.4 Å². The number of hydrogen-bond acceptors (Lipinski definition) is 10. The Morgan fingerprint density at radius 2 is 1.97 bits per heavy atom. The summed E-state index contributed by atoms with van der Waals surface area (Å²) in [5.74, 6) is 0.0904. The number of benzene rings is 1. The molecule has 0 bridgehead atoms. The summed E-state index contributed by atoms with van der Waals surface area (Å²) in [6, 6.07) is 4.68. The molecule has 0 atom stereocenters. The molecule has 0 aliphatic heterocycles. The third kappa shape index (κ3) is 7.24. The van der Waals surface area contributed by atoms with Crippen molar-refractivity contribution in [2.24, 2.45) is 0 Å². The molecule has 0 aliphatic rings. The molecule has 12 nitrogen and oxygen atoms in total. The number of anilines is 1. The van der Waals surface area contributed by atoms with Crippen LogP contribution in [0.25, 0.3) is 0 Å². The third-order valence-electron chi connectivity index (χ3n) is 3.30. The van der Waals surface area contributed by atoms with E-state index in [9.17, 15) is 13.2 Å². The Hall–Kier alpha value is -3.71. The summed E-state index contributed by atoms with van der Waals surface area (Å²) < 4.78 is 37.6. The first-order chi connectivity index (χ1) is 14.7. The molecular formula is C18H22N6O6S. The monoisotopic (exact) mass is 450 g/mol. The van der Waals surface area contributed by atoms with Crippen LogP contribution in [0.3, 0.4) is 0 Å². The SMILES string of the molecule is C=CCONC(C)=COc1ccccc1S(=O)(=O)NC(=O)Nc1nc(C)nc(OC)n1. The number of urea groups is 1. The van der Waals surface area contributed by atoms with E-state index in [0.29, 0.717) is 5.70 Å². The Balaban J connectivity index is 2.13. The molecule has 0 saturated heterocycles. The van der Waals surface area contributed by atoms with Crippen LogP contribution in [0.5, 0.6) is 11.8 Å². The zero-order valence-corrected chi connectivity index (χ0v) is 17.9. The Kier molecular flexibility index (Phi) is 8.28. The molecule has 2 aromatic rings. The van der Waals surface area contributed by atoms with Gasteiger partial charge in [-0.3, -0.25) is 15.6 Å². The summed E-state index contributed by atoms with van der Waals surface area (Å²) in [5.41, 5.74) is 3.06. The summed E-state index contributed by atoms with van der Waals surface area (Å²) in [4.78, 5) is 28.6. The second kappa shape index (κ2) is 10.9. The normalized spacial score (nSPS) is 11.4. The summed E-state index contributed by atoms with van der Waals surface area (Å²) in [6.07, 6.45) is 2.81. The van der Waals surface area contributed by atoms with Gasteiger partial charge in [-0.1, -0.05) is 18.2 Å². The Morgan fingerprint density at radius 3 is 2.68 bits per heavy atom. The maximum atomic E-state index is 12.7. The molecular weight excluding hydrogens is 428 g/mol. The van der Waals surface area contributed by atoms with Gasteiger partial charge in [0.2, 0.25) is 5.95 Å². The van der Waals surface area contributed by atoms with E-state index >= 15 is 0 Å². The lowest BCUT2D eigenvalue weighted by Gasteiger charge is -2.12. The van der Waals surface area contributed by atoms with Gasteiger partial charge in [0.1, 0.15) is 22.7 Å². The number of rotatable bonds is 10. The number of hydrogen-bond donors (Lipinski definition) is 3. The molecule has 0 unspecified atom stereocenters. The number of methoxy groups -OCH3 is 1. The molecule has 3 N–H and O–H groups in total. The number of aryl methyl sites for hydroxylation is 1. The average molecular weight is 450 g/mol. The number of allylic oxidation sites excluding steroid dienone is 1. The Bertz CT molecular complexity index is 1070. The molecule has 0 aliphatic carbocycles. The van der Waals surface area contributed by atoms with Crippen molar-refractivity contribution in [3.05, 3.63) is 54.7 Å². The first-order valence-electron chi connectivity index (χ1n) is 8.76. The van der Waals surface area contributed by atoms with E-state index < -0.39 is 16.1 Å². The maximum Gasteiger partial charge on any atom is 0.335 e. The molecule has 0 fully saturated rings. The van der Waals surface area contributed by atoms with Gasteiger partial charge in [-0.25, -0.2) is 17.9 Å². The second-order valence-electron chi connectivity index (χ2n) is 5.82. The lowest BCUT2D eigenvalue weighted by Crippen LogP contribution is -2.35. The second-order valence-corrected chi connectivity index (χ2v) is 7.47. The van der Waals surface area contributed by atoms with Crippen molar-refractivity contribution in [2.45, 2.75) is 18.7 Å². The molecule has 1 heterocycles. The van der Waals surface area contributed by atoms with Gasteiger partial charge in [-0.15, -0.1) is 6.58 Å². The number of aromatic nitrogens is 3. The van der Waals surface area contributed by atoms with Gasteiger partial charge in [0, 0.05) is 0 Å². The van der Waals surface area contributed by atoms with Crippen molar-refractivity contribution in [3.63, 3.8) is 0 Å². The minimum absolute atomic E-state index is 0.00894. The highest BCUT2D eigenvalue weighted by atomic mass is 32.2. The number of hydroxylamine groups is 1. The molecule has 31 heavy (non-hydrogen) atoms. The fourth-order valence-electron chi connectivity index (χ4n) is 2.07. The number of sulfonamides is 1. The van der Waals surface area contributed by atoms with E-state index in [2.05, 4.69) is 32.3 Å². The molecule has 13 heteroatoms. The van der Waals surface area contributed by atoms with Crippen LogP contribution < -0.4 is 25.0 Å². The third-order valence-corrected chi connectivity index (χ3v) is 4.67. The van der Waals surface area contributed by atoms with Crippen LogP contribution in [0, 0.1) is 6.92 Å². The minimum Gasteiger partial charge on any atom is -0.467 e. The van der Waals surface area contributed by atoms with Crippen molar-refractivity contribution in [3.8, 4) is 11.8 Å². The Morgan fingerprint density at radius 1 is 1.23 bits per heavy atom. The summed E-state index contributed by atoms with van der Waals surface area (Å²) in [7, 11) is -2.94. The summed E-state index contributed by atoms with van der Waals surface area (Å²) in [6.45, 7) is 6.99. The molecule has 1 aromatic carbocycles. The highest BCUT2D eigenvalue weighted by molar-refractivity contribution is 7.90. The lowest BCUT2D eigenvalue weighted by atomic mass is 10.3. The molecule has 1 aromatic heterocycles. The van der Waals surface area contributed by atoms with Gasteiger partial charge in [0.25, 0.3) is 10.0 Å².